The minimum Gasteiger partial charge on any atom is -0.489 e. The largest absolute Gasteiger partial charge is 0.489 e. The summed E-state index contributed by atoms with van der Waals surface area (Å²) >= 11 is 6.43. The zero-order chi connectivity index (χ0) is 28.9. The Kier molecular flexibility index (Phi) is 7.34. The number of carbonyl (C=O) groups is 1. The highest BCUT2D eigenvalue weighted by molar-refractivity contribution is 7.70. The van der Waals surface area contributed by atoms with Crippen molar-refractivity contribution >= 4 is 58.8 Å². The summed E-state index contributed by atoms with van der Waals surface area (Å²) in [6.45, 7) is 12.3. The van der Waals surface area contributed by atoms with Gasteiger partial charge in [-0.2, -0.15) is 4.98 Å². The quantitative estimate of drug-likeness (QED) is 0.404. The van der Waals surface area contributed by atoms with Crippen LogP contribution in [-0.4, -0.2) is 90.4 Å². The normalized spacial score (nSPS) is 19.1. The molecule has 0 bridgehead atoms. The number of likely N-dealkylation sites (tertiary alicyclic amines) is 1. The van der Waals surface area contributed by atoms with Gasteiger partial charge in [0.1, 0.15) is 24.5 Å². The van der Waals surface area contributed by atoms with Crippen molar-refractivity contribution in [3.63, 3.8) is 0 Å². The van der Waals surface area contributed by atoms with E-state index in [1.165, 1.54) is 0 Å². The summed E-state index contributed by atoms with van der Waals surface area (Å²) in [6.07, 6.45) is 1.54. The molecule has 3 aromatic rings. The van der Waals surface area contributed by atoms with E-state index >= 15 is 0 Å². The molecular formula is C29H35ClN7O3P. The average Bonchev–Trinajstić information content (AvgIpc) is 2.89. The fourth-order valence-corrected chi connectivity index (χ4v) is 7.19. The number of hydrogen-bond acceptors (Lipinski definition) is 9. The molecule has 6 rings (SSSR count). The second-order valence-electron chi connectivity index (χ2n) is 11.4. The number of anilines is 5. The molecule has 2 fully saturated rings. The second-order valence-corrected chi connectivity index (χ2v) is 15.0. The number of aromatic nitrogens is 2. The van der Waals surface area contributed by atoms with Crippen LogP contribution in [0.2, 0.25) is 5.02 Å². The van der Waals surface area contributed by atoms with Gasteiger partial charge in [0.15, 0.2) is 5.82 Å². The molecule has 0 radical (unpaired) electrons. The summed E-state index contributed by atoms with van der Waals surface area (Å²) < 4.78 is 19.1. The predicted molar refractivity (Wildman–Crippen MR) is 165 cm³/mol. The molecule has 1 aromatic heterocycles. The van der Waals surface area contributed by atoms with E-state index in [0.717, 1.165) is 60.7 Å². The van der Waals surface area contributed by atoms with Crippen LogP contribution < -0.4 is 25.6 Å². The van der Waals surface area contributed by atoms with Crippen molar-refractivity contribution in [2.75, 3.05) is 68.2 Å². The topological polar surface area (TPSA) is 103 Å². The average molecular weight is 596 g/mol. The third-order valence-corrected chi connectivity index (χ3v) is 9.89. The molecule has 12 heteroatoms. The number of aryl methyl sites for hydroxylation is 1. The van der Waals surface area contributed by atoms with Crippen LogP contribution in [0.15, 0.2) is 42.6 Å². The van der Waals surface area contributed by atoms with Crippen molar-refractivity contribution in [3.05, 3.63) is 53.2 Å². The number of rotatable bonds is 6. The highest BCUT2D eigenvalue weighted by Gasteiger charge is 2.40. The Hall–Kier alpha value is -3.33. The maximum Gasteiger partial charge on any atom is 0.229 e. The molecule has 0 spiro atoms. The first-order valence-electron chi connectivity index (χ1n) is 13.8. The number of hydrogen-bond donors (Lipinski definition) is 2. The minimum atomic E-state index is -2.51. The molecule has 4 heterocycles. The first-order valence-corrected chi connectivity index (χ1v) is 16.8. The summed E-state index contributed by atoms with van der Waals surface area (Å²) in [4.78, 5) is 27.5. The second kappa shape index (κ2) is 10.8. The van der Waals surface area contributed by atoms with Crippen molar-refractivity contribution in [3.8, 4) is 5.75 Å². The molecule has 41 heavy (non-hydrogen) atoms. The molecular weight excluding hydrogens is 561 g/mol. The minimum absolute atomic E-state index is 0.154. The molecule has 1 atom stereocenters. The Morgan fingerprint density at radius 3 is 2.63 bits per heavy atom. The predicted octanol–water partition coefficient (Wildman–Crippen LogP) is 4.29. The molecule has 0 unspecified atom stereocenters. The number of ether oxygens (including phenoxy) is 1. The first-order chi connectivity index (χ1) is 19.6. The van der Waals surface area contributed by atoms with Gasteiger partial charge in [0.2, 0.25) is 11.9 Å². The number of benzene rings is 2. The van der Waals surface area contributed by atoms with Crippen LogP contribution in [0.1, 0.15) is 12.5 Å². The number of nitrogens with zero attached hydrogens (tertiary/aromatic N) is 5. The molecule has 3 aliphatic rings. The molecule has 2 N–H and O–H groups in total. The summed E-state index contributed by atoms with van der Waals surface area (Å²) in [5.74, 6) is 1.80. The van der Waals surface area contributed by atoms with Crippen LogP contribution in [-0.2, 0) is 9.36 Å². The van der Waals surface area contributed by atoms with E-state index in [4.69, 9.17) is 16.3 Å². The molecule has 2 aromatic carbocycles. The molecule has 216 valence electrons. The highest BCUT2D eigenvalue weighted by atomic mass is 35.5. The molecule has 2 saturated heterocycles. The van der Waals surface area contributed by atoms with Crippen LogP contribution >= 0.6 is 18.7 Å². The zero-order valence-electron chi connectivity index (χ0n) is 23.7. The molecule has 0 aliphatic carbocycles. The lowest BCUT2D eigenvalue weighted by Crippen LogP contribution is -2.67. The Morgan fingerprint density at radius 1 is 1.10 bits per heavy atom. The van der Waals surface area contributed by atoms with Crippen LogP contribution in [0, 0.1) is 6.92 Å². The molecule has 3 aliphatic heterocycles. The van der Waals surface area contributed by atoms with E-state index in [1.807, 2.05) is 35.2 Å². The van der Waals surface area contributed by atoms with Gasteiger partial charge in [-0.25, -0.2) is 4.98 Å². The van der Waals surface area contributed by atoms with Crippen molar-refractivity contribution < 1.29 is 14.1 Å². The lowest BCUT2D eigenvalue weighted by Gasteiger charge is -2.52. The lowest BCUT2D eigenvalue weighted by molar-refractivity contribution is -0.136. The monoisotopic (exact) mass is 595 g/mol. The number of amides is 1. The van der Waals surface area contributed by atoms with Crippen molar-refractivity contribution in [1.82, 2.24) is 19.8 Å². The zero-order valence-corrected chi connectivity index (χ0v) is 25.4. The van der Waals surface area contributed by atoms with Gasteiger partial charge in [-0.15, -0.1) is 0 Å². The van der Waals surface area contributed by atoms with Gasteiger partial charge in [-0.05, 0) is 44.0 Å². The van der Waals surface area contributed by atoms with E-state index in [9.17, 15) is 9.36 Å². The smallest absolute Gasteiger partial charge is 0.229 e. The maximum atomic E-state index is 12.8. The Balaban J connectivity index is 1.17. The van der Waals surface area contributed by atoms with Gasteiger partial charge >= 0.3 is 0 Å². The van der Waals surface area contributed by atoms with Crippen molar-refractivity contribution in [2.24, 2.45) is 0 Å². The summed E-state index contributed by atoms with van der Waals surface area (Å²) in [5.41, 5.74) is 3.76. The standard InChI is InChI=1S/C29H35ClN7O3P/c1-18-11-20(32-29-31-13-23(30)28(34-29)33-24-7-5-6-8-26(24)41(3,4)39)12-25-27(18)37-10-9-35(16-22(37)17-40-25)21-14-36(15-21)19(2)38/h5-8,11-13,21-22H,9-10,14-17H2,1-4H3,(H2,31,32,33,34)/t22-/m1/s1. The van der Waals surface area contributed by atoms with E-state index < -0.39 is 7.14 Å². The fraction of sp³-hybridized carbons (Fsp3) is 0.414. The number of halogens is 1. The number of carbonyl (C=O) groups excluding carboxylic acids is 1. The summed E-state index contributed by atoms with van der Waals surface area (Å²) in [6, 6.07) is 12.3. The lowest BCUT2D eigenvalue weighted by atomic mass is 10.0. The summed E-state index contributed by atoms with van der Waals surface area (Å²) in [7, 11) is -2.51. The summed E-state index contributed by atoms with van der Waals surface area (Å²) in [5, 5.41) is 7.64. The number of piperazine rings is 1. The van der Waals surface area contributed by atoms with E-state index in [0.29, 0.717) is 35.1 Å². The molecule has 1 amide bonds. The number of para-hydroxylation sites is 1. The van der Waals surface area contributed by atoms with Gasteiger partial charge in [0, 0.05) is 62.7 Å². The van der Waals surface area contributed by atoms with Crippen LogP contribution in [0.3, 0.4) is 0 Å². The molecule has 10 nitrogen and oxygen atoms in total. The van der Waals surface area contributed by atoms with Crippen molar-refractivity contribution in [2.45, 2.75) is 25.9 Å². The van der Waals surface area contributed by atoms with Crippen LogP contribution in [0.4, 0.5) is 28.8 Å². The number of nitrogens with one attached hydrogen (secondary N) is 2. The van der Waals surface area contributed by atoms with Gasteiger partial charge in [0.25, 0.3) is 0 Å². The van der Waals surface area contributed by atoms with Crippen LogP contribution in [0.25, 0.3) is 0 Å². The third-order valence-electron chi connectivity index (χ3n) is 8.06. The first kappa shape index (κ1) is 27.8. The van der Waals surface area contributed by atoms with Gasteiger partial charge < -0.3 is 29.7 Å². The van der Waals surface area contributed by atoms with Gasteiger partial charge in [0.05, 0.1) is 23.6 Å². The fourth-order valence-electron chi connectivity index (χ4n) is 5.90. The Bertz CT molecular complexity index is 1540. The Morgan fingerprint density at radius 2 is 1.88 bits per heavy atom. The maximum absolute atomic E-state index is 12.8. The van der Waals surface area contributed by atoms with E-state index in [2.05, 4.69) is 43.4 Å². The number of fused-ring (bicyclic) bond motifs is 3. The van der Waals surface area contributed by atoms with Crippen molar-refractivity contribution in [1.29, 1.82) is 0 Å². The van der Waals surface area contributed by atoms with Crippen LogP contribution in [0.5, 0.6) is 5.75 Å². The van der Waals surface area contributed by atoms with E-state index in [1.54, 1.807) is 26.5 Å². The SMILES string of the molecule is CC(=O)N1CC(N2CCN3c4c(C)cc(Nc5ncc(Cl)c(Nc6ccccc6P(C)(C)=O)n5)cc4OC[C@H]3C2)C1. The Labute approximate surface area is 245 Å². The third kappa shape index (κ3) is 5.61. The molecule has 0 saturated carbocycles. The van der Waals surface area contributed by atoms with Gasteiger partial charge in [-0.1, -0.05) is 23.7 Å². The van der Waals surface area contributed by atoms with E-state index in [-0.39, 0.29) is 11.9 Å². The van der Waals surface area contributed by atoms with Gasteiger partial charge in [-0.3, -0.25) is 9.69 Å². The highest BCUT2D eigenvalue weighted by Crippen LogP contribution is 2.42.